The molecule has 1 aromatic heterocycles. The summed E-state index contributed by atoms with van der Waals surface area (Å²) in [6, 6.07) is 6.39. The van der Waals surface area contributed by atoms with E-state index in [9.17, 15) is 22.8 Å². The number of benzene rings is 2. The molecule has 0 spiro atoms. The number of anilines is 1. The van der Waals surface area contributed by atoms with E-state index >= 15 is 0 Å². The fraction of sp³-hybridized carbons (Fsp3) is 0.348. The Kier molecular flexibility index (Phi) is 5.44. The molecule has 1 heterocycles. The molecule has 1 atom stereocenters. The highest BCUT2D eigenvalue weighted by Crippen LogP contribution is 2.45. The van der Waals surface area contributed by atoms with E-state index in [1.54, 1.807) is 25.1 Å². The Morgan fingerprint density at radius 2 is 1.97 bits per heavy atom. The lowest BCUT2D eigenvalue weighted by Crippen LogP contribution is -2.18. The fourth-order valence-electron chi connectivity index (χ4n) is 3.91. The Labute approximate surface area is 181 Å². The summed E-state index contributed by atoms with van der Waals surface area (Å²) in [5, 5.41) is 3.25. The second-order valence-corrected chi connectivity index (χ2v) is 8.04. The van der Waals surface area contributed by atoms with E-state index in [-0.39, 0.29) is 28.2 Å². The lowest BCUT2D eigenvalue weighted by Gasteiger charge is -2.23. The number of fused-ring (bicyclic) bond motifs is 1. The standard InChI is InChI=1S/C23H22F3N3O3/c1-11(27-19-7-6-14(22(31)32-3)8-16(19)13-4-5-13)15-9-17-20(10-18(15)23(24,25)26)28-12(2)29-21(17)30/h6-11,13,27H,4-5H2,1-3H3,(H,28,29,30)/t11-/m1/s1. The van der Waals surface area contributed by atoms with Gasteiger partial charge >= 0.3 is 12.1 Å². The Balaban J connectivity index is 1.78. The van der Waals surface area contributed by atoms with E-state index in [0.29, 0.717) is 11.3 Å². The van der Waals surface area contributed by atoms with Crippen molar-refractivity contribution in [2.45, 2.75) is 44.8 Å². The number of nitrogens with zero attached hydrogens (tertiary/aromatic N) is 1. The highest BCUT2D eigenvalue weighted by Gasteiger charge is 2.36. The number of nitrogens with one attached hydrogen (secondary N) is 2. The summed E-state index contributed by atoms with van der Waals surface area (Å²) >= 11 is 0. The summed E-state index contributed by atoms with van der Waals surface area (Å²) in [7, 11) is 1.30. The Morgan fingerprint density at radius 1 is 1.25 bits per heavy atom. The van der Waals surface area contributed by atoms with Gasteiger partial charge in [-0.15, -0.1) is 0 Å². The molecule has 9 heteroatoms. The number of ether oxygens (including phenoxy) is 1. The van der Waals surface area contributed by atoms with Crippen LogP contribution < -0.4 is 10.9 Å². The van der Waals surface area contributed by atoms with Gasteiger partial charge in [0, 0.05) is 11.7 Å². The summed E-state index contributed by atoms with van der Waals surface area (Å²) in [6.45, 7) is 3.13. The quantitative estimate of drug-likeness (QED) is 0.535. The summed E-state index contributed by atoms with van der Waals surface area (Å²) < 4.78 is 46.4. The van der Waals surface area contributed by atoms with Crippen molar-refractivity contribution in [3.63, 3.8) is 0 Å². The van der Waals surface area contributed by atoms with Crippen molar-refractivity contribution in [1.82, 2.24) is 9.97 Å². The van der Waals surface area contributed by atoms with Crippen molar-refractivity contribution in [2.75, 3.05) is 12.4 Å². The molecule has 0 unspecified atom stereocenters. The highest BCUT2D eigenvalue weighted by molar-refractivity contribution is 5.90. The first-order chi connectivity index (χ1) is 15.1. The fourth-order valence-corrected chi connectivity index (χ4v) is 3.91. The number of hydrogen-bond donors (Lipinski definition) is 2. The number of carbonyl (C=O) groups excluding carboxylic acids is 1. The second kappa shape index (κ2) is 7.96. The molecule has 2 N–H and O–H groups in total. The number of halogens is 3. The number of aromatic amines is 1. The molecule has 0 amide bonds. The molecule has 4 rings (SSSR count). The van der Waals surface area contributed by atoms with Gasteiger partial charge < -0.3 is 15.0 Å². The Bertz CT molecular complexity index is 1260. The zero-order valence-corrected chi connectivity index (χ0v) is 17.8. The summed E-state index contributed by atoms with van der Waals surface area (Å²) in [5.74, 6) is 0.0136. The molecule has 2 aromatic carbocycles. The van der Waals surface area contributed by atoms with Gasteiger partial charge in [-0.05, 0) is 74.1 Å². The van der Waals surface area contributed by atoms with Crippen LogP contribution in [0.1, 0.15) is 64.6 Å². The summed E-state index contributed by atoms with van der Waals surface area (Å²) in [5.41, 5.74) is 0.510. The molecule has 0 bridgehead atoms. The molecule has 1 saturated carbocycles. The van der Waals surface area contributed by atoms with Crippen molar-refractivity contribution < 1.29 is 22.7 Å². The van der Waals surface area contributed by atoms with Crippen LogP contribution in [0, 0.1) is 6.92 Å². The van der Waals surface area contributed by atoms with Gasteiger partial charge in [-0.25, -0.2) is 9.78 Å². The first-order valence-corrected chi connectivity index (χ1v) is 10.2. The van der Waals surface area contributed by atoms with Gasteiger partial charge in [0.1, 0.15) is 5.82 Å². The van der Waals surface area contributed by atoms with Crippen molar-refractivity contribution in [2.24, 2.45) is 0 Å². The van der Waals surface area contributed by atoms with Crippen LogP contribution in [-0.2, 0) is 10.9 Å². The maximum Gasteiger partial charge on any atom is 0.416 e. The second-order valence-electron chi connectivity index (χ2n) is 8.04. The molecule has 6 nitrogen and oxygen atoms in total. The van der Waals surface area contributed by atoms with Crippen LogP contribution in [0.4, 0.5) is 18.9 Å². The molecule has 168 valence electrons. The zero-order valence-electron chi connectivity index (χ0n) is 17.8. The lowest BCUT2D eigenvalue weighted by molar-refractivity contribution is -0.138. The number of hydrogen-bond acceptors (Lipinski definition) is 5. The molecule has 1 fully saturated rings. The van der Waals surface area contributed by atoms with Crippen molar-refractivity contribution >= 4 is 22.6 Å². The molecule has 0 radical (unpaired) electrons. The minimum atomic E-state index is -4.62. The van der Waals surface area contributed by atoms with Crippen molar-refractivity contribution in [1.29, 1.82) is 0 Å². The van der Waals surface area contributed by atoms with Gasteiger partial charge in [0.25, 0.3) is 5.56 Å². The first-order valence-electron chi connectivity index (χ1n) is 10.2. The zero-order chi connectivity index (χ0) is 23.2. The van der Waals surface area contributed by atoms with Crippen LogP contribution in [-0.4, -0.2) is 23.0 Å². The Morgan fingerprint density at radius 3 is 2.59 bits per heavy atom. The van der Waals surface area contributed by atoms with Gasteiger partial charge in [0.15, 0.2) is 0 Å². The number of rotatable bonds is 5. The SMILES string of the molecule is COC(=O)c1ccc(N[C@H](C)c2cc3c(=O)[nH]c(C)nc3cc2C(F)(F)F)c(C2CC2)c1. The molecule has 3 aromatic rings. The predicted molar refractivity (Wildman–Crippen MR) is 114 cm³/mol. The number of carbonyl (C=O) groups is 1. The number of aromatic nitrogens is 2. The van der Waals surface area contributed by atoms with Crippen LogP contribution >= 0.6 is 0 Å². The molecule has 0 aliphatic heterocycles. The van der Waals surface area contributed by atoms with Gasteiger partial charge in [0.05, 0.1) is 29.1 Å². The van der Waals surface area contributed by atoms with Crippen molar-refractivity contribution in [3.8, 4) is 0 Å². The van der Waals surface area contributed by atoms with Gasteiger partial charge in [0.2, 0.25) is 0 Å². The van der Waals surface area contributed by atoms with E-state index in [0.717, 1.165) is 24.5 Å². The largest absolute Gasteiger partial charge is 0.465 e. The van der Waals surface area contributed by atoms with Crippen LogP contribution in [0.5, 0.6) is 0 Å². The topological polar surface area (TPSA) is 84.1 Å². The number of aryl methyl sites for hydroxylation is 1. The third kappa shape index (κ3) is 4.19. The van der Waals surface area contributed by atoms with E-state index in [4.69, 9.17) is 4.74 Å². The first kappa shape index (κ1) is 21.9. The molecule has 0 saturated heterocycles. The van der Waals surface area contributed by atoms with Crippen LogP contribution in [0.3, 0.4) is 0 Å². The number of H-pyrrole nitrogens is 1. The number of methoxy groups -OCH3 is 1. The molecule has 1 aliphatic carbocycles. The van der Waals surface area contributed by atoms with E-state index in [1.165, 1.54) is 20.1 Å². The average molecular weight is 445 g/mol. The van der Waals surface area contributed by atoms with E-state index in [2.05, 4.69) is 15.3 Å². The summed E-state index contributed by atoms with van der Waals surface area (Å²) in [6.07, 6.45) is -2.73. The Hall–Kier alpha value is -3.36. The molecular weight excluding hydrogens is 423 g/mol. The monoisotopic (exact) mass is 445 g/mol. The normalized spacial score (nSPS) is 14.9. The summed E-state index contributed by atoms with van der Waals surface area (Å²) in [4.78, 5) is 30.8. The van der Waals surface area contributed by atoms with Crippen LogP contribution in [0.15, 0.2) is 35.1 Å². The number of esters is 1. The molecular formula is C23H22F3N3O3. The van der Waals surface area contributed by atoms with E-state index in [1.807, 2.05) is 0 Å². The molecule has 32 heavy (non-hydrogen) atoms. The maximum atomic E-state index is 13.9. The third-order valence-electron chi connectivity index (χ3n) is 5.63. The van der Waals surface area contributed by atoms with Gasteiger partial charge in [-0.2, -0.15) is 13.2 Å². The highest BCUT2D eigenvalue weighted by atomic mass is 19.4. The van der Waals surface area contributed by atoms with Gasteiger partial charge in [-0.3, -0.25) is 4.79 Å². The van der Waals surface area contributed by atoms with Crippen LogP contribution in [0.25, 0.3) is 10.9 Å². The third-order valence-corrected chi connectivity index (χ3v) is 5.63. The predicted octanol–water partition coefficient (Wildman–Crippen LogP) is 5.09. The minimum absolute atomic E-state index is 0.00405. The van der Waals surface area contributed by atoms with Crippen molar-refractivity contribution in [3.05, 3.63) is 68.8 Å². The average Bonchev–Trinajstić information content (AvgIpc) is 3.57. The minimum Gasteiger partial charge on any atom is -0.465 e. The maximum absolute atomic E-state index is 13.9. The van der Waals surface area contributed by atoms with Gasteiger partial charge in [-0.1, -0.05) is 0 Å². The molecule has 1 aliphatic rings. The number of alkyl halides is 3. The van der Waals surface area contributed by atoms with Crippen LogP contribution in [0.2, 0.25) is 0 Å². The van der Waals surface area contributed by atoms with E-state index < -0.39 is 29.3 Å². The smallest absolute Gasteiger partial charge is 0.416 e. The lowest BCUT2D eigenvalue weighted by atomic mass is 9.97.